The molecule has 2 aromatic carbocycles. The average molecular weight is 353 g/mol. The third kappa shape index (κ3) is 3.10. The number of anilines is 4. The quantitative estimate of drug-likeness (QED) is 0.745. The van der Waals surface area contributed by atoms with Gasteiger partial charge in [0, 0.05) is 23.5 Å². The van der Waals surface area contributed by atoms with Crippen LogP contribution in [-0.4, -0.2) is 23.6 Å². The molecule has 4 rings (SSSR count). The Kier molecular flexibility index (Phi) is 4.15. The number of nitrogens with zero attached hydrogens (tertiary/aromatic N) is 3. The molecule has 0 unspecified atom stereocenters. The van der Waals surface area contributed by atoms with Crippen LogP contribution in [0.5, 0.6) is 5.75 Å². The molecule has 5 nitrogen and oxygen atoms in total. The normalized spacial score (nSPS) is 12.8. The van der Waals surface area contributed by atoms with Crippen LogP contribution >= 0.6 is 11.6 Å². The van der Waals surface area contributed by atoms with Crippen molar-refractivity contribution in [3.05, 3.63) is 65.3 Å². The van der Waals surface area contributed by atoms with Crippen molar-refractivity contribution in [3.8, 4) is 5.75 Å². The van der Waals surface area contributed by atoms with Gasteiger partial charge in [-0.3, -0.25) is 0 Å². The molecular weight excluding hydrogens is 336 g/mol. The highest BCUT2D eigenvalue weighted by Crippen LogP contribution is 2.34. The van der Waals surface area contributed by atoms with Gasteiger partial charge in [0.25, 0.3) is 0 Å². The Hall–Kier alpha value is -2.79. The Morgan fingerprint density at radius 3 is 2.92 bits per heavy atom. The number of benzene rings is 2. The molecule has 0 bridgehead atoms. The molecule has 0 saturated carbocycles. The fraction of sp³-hybridized carbons (Fsp3) is 0.158. The van der Waals surface area contributed by atoms with Gasteiger partial charge >= 0.3 is 0 Å². The Morgan fingerprint density at radius 2 is 2.04 bits per heavy atom. The van der Waals surface area contributed by atoms with Crippen molar-refractivity contribution in [2.45, 2.75) is 6.42 Å². The predicted octanol–water partition coefficient (Wildman–Crippen LogP) is 4.58. The van der Waals surface area contributed by atoms with E-state index >= 15 is 0 Å². The Balaban J connectivity index is 1.64. The summed E-state index contributed by atoms with van der Waals surface area (Å²) in [4.78, 5) is 11.2. The molecule has 0 fully saturated rings. The van der Waals surface area contributed by atoms with Crippen LogP contribution in [0.1, 0.15) is 5.56 Å². The predicted molar refractivity (Wildman–Crippen MR) is 100 cm³/mol. The fourth-order valence-electron chi connectivity index (χ4n) is 3.01. The zero-order valence-electron chi connectivity index (χ0n) is 13.7. The topological polar surface area (TPSA) is 50.3 Å². The minimum absolute atomic E-state index is 0.631. The summed E-state index contributed by atoms with van der Waals surface area (Å²) in [5.74, 6) is 2.07. The maximum Gasteiger partial charge on any atom is 0.231 e. The fourth-order valence-corrected chi connectivity index (χ4v) is 3.18. The van der Waals surface area contributed by atoms with E-state index in [9.17, 15) is 0 Å². The number of hydrogen-bond acceptors (Lipinski definition) is 5. The molecule has 1 aromatic heterocycles. The van der Waals surface area contributed by atoms with Crippen LogP contribution in [0.2, 0.25) is 5.02 Å². The monoisotopic (exact) mass is 352 g/mol. The molecule has 2 heterocycles. The van der Waals surface area contributed by atoms with E-state index in [1.807, 2.05) is 24.3 Å². The minimum Gasteiger partial charge on any atom is -0.495 e. The maximum absolute atomic E-state index is 6.09. The van der Waals surface area contributed by atoms with Crippen LogP contribution in [0.15, 0.2) is 54.7 Å². The van der Waals surface area contributed by atoms with Crippen LogP contribution in [0, 0.1) is 0 Å². The molecule has 0 radical (unpaired) electrons. The number of halogens is 1. The number of rotatable bonds is 4. The SMILES string of the molecule is COc1ccc(Cl)cc1Nc1ccnc(N2CCc3ccccc32)n1. The number of aromatic nitrogens is 2. The van der Waals surface area contributed by atoms with E-state index in [-0.39, 0.29) is 0 Å². The lowest BCUT2D eigenvalue weighted by Crippen LogP contribution is -2.16. The summed E-state index contributed by atoms with van der Waals surface area (Å²) in [6.07, 6.45) is 2.75. The van der Waals surface area contributed by atoms with E-state index in [0.29, 0.717) is 22.5 Å². The maximum atomic E-state index is 6.09. The average Bonchev–Trinajstić information content (AvgIpc) is 3.06. The molecule has 0 aliphatic carbocycles. The van der Waals surface area contributed by atoms with Gasteiger partial charge in [-0.1, -0.05) is 29.8 Å². The molecule has 1 aliphatic rings. The molecule has 6 heteroatoms. The summed E-state index contributed by atoms with van der Waals surface area (Å²) in [6.45, 7) is 0.878. The van der Waals surface area contributed by atoms with Crippen LogP contribution < -0.4 is 15.0 Å². The summed E-state index contributed by atoms with van der Waals surface area (Å²) in [5.41, 5.74) is 3.25. The van der Waals surface area contributed by atoms with Crippen LogP contribution in [0.25, 0.3) is 0 Å². The zero-order chi connectivity index (χ0) is 17.2. The van der Waals surface area contributed by atoms with E-state index in [1.165, 1.54) is 11.3 Å². The molecule has 1 aliphatic heterocycles. The molecule has 25 heavy (non-hydrogen) atoms. The summed E-state index contributed by atoms with van der Waals surface area (Å²) >= 11 is 6.09. The lowest BCUT2D eigenvalue weighted by molar-refractivity contribution is 0.417. The van der Waals surface area contributed by atoms with Crippen LogP contribution in [0.3, 0.4) is 0 Å². The number of para-hydroxylation sites is 1. The van der Waals surface area contributed by atoms with Crippen LogP contribution in [-0.2, 0) is 6.42 Å². The number of nitrogens with one attached hydrogen (secondary N) is 1. The van der Waals surface area contributed by atoms with Crippen molar-refractivity contribution >= 4 is 34.7 Å². The first-order chi connectivity index (χ1) is 12.2. The number of ether oxygens (including phenoxy) is 1. The van der Waals surface area contributed by atoms with Gasteiger partial charge in [0.15, 0.2) is 0 Å². The largest absolute Gasteiger partial charge is 0.495 e. The highest BCUT2D eigenvalue weighted by molar-refractivity contribution is 6.31. The van der Waals surface area contributed by atoms with Gasteiger partial charge in [-0.2, -0.15) is 4.98 Å². The smallest absolute Gasteiger partial charge is 0.231 e. The first kappa shape index (κ1) is 15.7. The van der Waals surface area contributed by atoms with Gasteiger partial charge in [0.2, 0.25) is 5.95 Å². The summed E-state index contributed by atoms with van der Waals surface area (Å²) in [5, 5.41) is 3.90. The summed E-state index contributed by atoms with van der Waals surface area (Å²) in [6, 6.07) is 15.6. The van der Waals surface area contributed by atoms with E-state index in [0.717, 1.165) is 18.7 Å². The lowest BCUT2D eigenvalue weighted by Gasteiger charge is -2.18. The number of methoxy groups -OCH3 is 1. The highest BCUT2D eigenvalue weighted by atomic mass is 35.5. The van der Waals surface area contributed by atoms with Crippen molar-refractivity contribution in [2.75, 3.05) is 23.9 Å². The molecule has 1 N–H and O–H groups in total. The number of hydrogen-bond donors (Lipinski definition) is 1. The Morgan fingerprint density at radius 1 is 1.16 bits per heavy atom. The van der Waals surface area contributed by atoms with E-state index in [1.54, 1.807) is 19.4 Å². The molecule has 0 saturated heterocycles. The molecule has 126 valence electrons. The van der Waals surface area contributed by atoms with Gasteiger partial charge in [0.05, 0.1) is 12.8 Å². The molecule has 0 spiro atoms. The molecule has 0 atom stereocenters. The third-order valence-electron chi connectivity index (χ3n) is 4.20. The Labute approximate surface area is 151 Å². The minimum atomic E-state index is 0.631. The van der Waals surface area contributed by atoms with E-state index < -0.39 is 0 Å². The number of fused-ring (bicyclic) bond motifs is 1. The zero-order valence-corrected chi connectivity index (χ0v) is 14.5. The second kappa shape index (κ2) is 6.61. The van der Waals surface area contributed by atoms with Gasteiger partial charge in [-0.05, 0) is 42.3 Å². The highest BCUT2D eigenvalue weighted by Gasteiger charge is 2.22. The summed E-state index contributed by atoms with van der Waals surface area (Å²) < 4.78 is 5.37. The van der Waals surface area contributed by atoms with E-state index in [2.05, 4.69) is 38.4 Å². The first-order valence-corrected chi connectivity index (χ1v) is 8.41. The molecular formula is C19H17ClN4O. The van der Waals surface area contributed by atoms with Crippen molar-refractivity contribution in [2.24, 2.45) is 0 Å². The van der Waals surface area contributed by atoms with Crippen LogP contribution in [0.4, 0.5) is 23.1 Å². The van der Waals surface area contributed by atoms with Crippen molar-refractivity contribution < 1.29 is 4.74 Å². The standard InChI is InChI=1S/C19H17ClN4O/c1-25-17-7-6-14(20)12-15(17)22-18-8-10-21-19(23-18)24-11-9-13-4-2-3-5-16(13)24/h2-8,10,12H,9,11H2,1H3,(H,21,22,23). The van der Waals surface area contributed by atoms with Gasteiger partial charge in [0.1, 0.15) is 11.6 Å². The van der Waals surface area contributed by atoms with Gasteiger partial charge in [-0.15, -0.1) is 0 Å². The Bertz CT molecular complexity index is 915. The van der Waals surface area contributed by atoms with Gasteiger partial charge in [-0.25, -0.2) is 4.98 Å². The first-order valence-electron chi connectivity index (χ1n) is 8.03. The lowest BCUT2D eigenvalue weighted by atomic mass is 10.2. The van der Waals surface area contributed by atoms with Crippen molar-refractivity contribution in [1.82, 2.24) is 9.97 Å². The second-order valence-corrected chi connectivity index (χ2v) is 6.18. The van der Waals surface area contributed by atoms with Crippen molar-refractivity contribution in [1.29, 1.82) is 0 Å². The van der Waals surface area contributed by atoms with E-state index in [4.69, 9.17) is 16.3 Å². The molecule has 0 amide bonds. The second-order valence-electron chi connectivity index (χ2n) is 5.74. The third-order valence-corrected chi connectivity index (χ3v) is 4.43. The molecule has 3 aromatic rings. The van der Waals surface area contributed by atoms with Gasteiger partial charge < -0.3 is 15.0 Å². The summed E-state index contributed by atoms with van der Waals surface area (Å²) in [7, 11) is 1.63. The van der Waals surface area contributed by atoms with Crippen molar-refractivity contribution in [3.63, 3.8) is 0 Å².